The second-order valence-electron chi connectivity index (χ2n) is 2.19. The lowest BCUT2D eigenvalue weighted by atomic mass is 9.96. The molecule has 0 saturated carbocycles. The van der Waals surface area contributed by atoms with Gasteiger partial charge in [-0.3, -0.25) is 0 Å². The van der Waals surface area contributed by atoms with Gasteiger partial charge in [-0.2, -0.15) is 5.26 Å². The monoisotopic (exact) mass is 112 g/mol. The van der Waals surface area contributed by atoms with Crippen molar-refractivity contribution >= 4 is 0 Å². The van der Waals surface area contributed by atoms with Gasteiger partial charge in [0.05, 0.1) is 31.2 Å². The summed E-state index contributed by atoms with van der Waals surface area (Å²) in [6.45, 7) is 1.08. The van der Waals surface area contributed by atoms with Gasteiger partial charge in [-0.1, -0.05) is 0 Å². The van der Waals surface area contributed by atoms with Gasteiger partial charge >= 0.3 is 0 Å². The first-order valence-electron chi connectivity index (χ1n) is 2.50. The van der Waals surface area contributed by atoms with Crippen LogP contribution in [0.3, 0.4) is 0 Å². The number of hydrogen-bond acceptors (Lipinski definition) is 3. The van der Waals surface area contributed by atoms with Crippen LogP contribution in [0.25, 0.3) is 0 Å². The van der Waals surface area contributed by atoms with E-state index in [4.69, 9.17) is 15.7 Å². The van der Waals surface area contributed by atoms with E-state index in [0.29, 0.717) is 19.6 Å². The van der Waals surface area contributed by atoms with Gasteiger partial charge in [0.15, 0.2) is 0 Å². The van der Waals surface area contributed by atoms with Crippen molar-refractivity contribution in [3.63, 3.8) is 0 Å². The lowest BCUT2D eigenvalue weighted by Gasteiger charge is -2.35. The van der Waals surface area contributed by atoms with E-state index in [1.165, 1.54) is 0 Å². The van der Waals surface area contributed by atoms with Crippen LogP contribution in [0.5, 0.6) is 0 Å². The zero-order valence-electron chi connectivity index (χ0n) is 4.55. The van der Waals surface area contributed by atoms with E-state index in [1.54, 1.807) is 0 Å². The molecule has 3 heteroatoms. The largest absolute Gasteiger partial charge is 0.377 e. The van der Waals surface area contributed by atoms with Gasteiger partial charge in [0.25, 0.3) is 0 Å². The molecular formula is C5H8N2O. The highest BCUT2D eigenvalue weighted by molar-refractivity contribution is 4.97. The lowest BCUT2D eigenvalue weighted by Crippen LogP contribution is -2.56. The van der Waals surface area contributed by atoms with Crippen molar-refractivity contribution < 1.29 is 4.74 Å². The average molecular weight is 112 g/mol. The van der Waals surface area contributed by atoms with Crippen LogP contribution in [0.4, 0.5) is 0 Å². The van der Waals surface area contributed by atoms with Gasteiger partial charge in [-0.15, -0.1) is 0 Å². The van der Waals surface area contributed by atoms with Crippen LogP contribution in [0.2, 0.25) is 0 Å². The Kier molecular flexibility index (Phi) is 1.20. The predicted molar refractivity (Wildman–Crippen MR) is 28.0 cm³/mol. The number of nitrogens with zero attached hydrogens (tertiary/aromatic N) is 1. The highest BCUT2D eigenvalue weighted by Crippen LogP contribution is 2.15. The van der Waals surface area contributed by atoms with Crippen molar-refractivity contribution in [3.05, 3.63) is 0 Å². The Morgan fingerprint density at radius 1 is 1.75 bits per heavy atom. The molecule has 0 aromatic heterocycles. The summed E-state index contributed by atoms with van der Waals surface area (Å²) in [6, 6.07) is 2.01. The first-order chi connectivity index (χ1) is 3.77. The standard InChI is InChI=1S/C5H8N2O/c6-2-1-5(7)3-8-4-5/h1,3-4,7H2. The van der Waals surface area contributed by atoms with E-state index in [0.717, 1.165) is 0 Å². The molecule has 1 aliphatic rings. The molecule has 1 saturated heterocycles. The molecule has 0 spiro atoms. The smallest absolute Gasteiger partial charge is 0.0759 e. The molecule has 0 bridgehead atoms. The Labute approximate surface area is 48.0 Å². The highest BCUT2D eigenvalue weighted by Gasteiger charge is 2.33. The second kappa shape index (κ2) is 1.73. The van der Waals surface area contributed by atoms with Gasteiger partial charge in [-0.25, -0.2) is 0 Å². The maximum Gasteiger partial charge on any atom is 0.0759 e. The van der Waals surface area contributed by atoms with E-state index in [9.17, 15) is 0 Å². The average Bonchev–Trinajstić information content (AvgIpc) is 1.64. The summed E-state index contributed by atoms with van der Waals surface area (Å²) in [7, 11) is 0. The second-order valence-corrected chi connectivity index (χ2v) is 2.19. The summed E-state index contributed by atoms with van der Waals surface area (Å²) >= 11 is 0. The minimum Gasteiger partial charge on any atom is -0.377 e. The Bertz CT molecular complexity index is 123. The van der Waals surface area contributed by atoms with Crippen LogP contribution in [0.15, 0.2) is 0 Å². The van der Waals surface area contributed by atoms with E-state index in [2.05, 4.69) is 0 Å². The Hall–Kier alpha value is -0.590. The molecule has 0 aromatic rings. The van der Waals surface area contributed by atoms with E-state index < -0.39 is 0 Å². The molecule has 1 rings (SSSR count). The number of nitriles is 1. The summed E-state index contributed by atoms with van der Waals surface area (Å²) in [6.07, 6.45) is 0.410. The van der Waals surface area contributed by atoms with E-state index in [1.807, 2.05) is 6.07 Å². The highest BCUT2D eigenvalue weighted by atomic mass is 16.5. The normalized spacial score (nSPS) is 23.5. The van der Waals surface area contributed by atoms with Crippen molar-refractivity contribution in [2.24, 2.45) is 5.73 Å². The minimum absolute atomic E-state index is 0.311. The third-order valence-electron chi connectivity index (χ3n) is 1.21. The molecule has 1 fully saturated rings. The first-order valence-corrected chi connectivity index (χ1v) is 2.50. The Balaban J connectivity index is 2.33. The van der Waals surface area contributed by atoms with Gasteiger partial charge in [-0.05, 0) is 0 Å². The fourth-order valence-corrected chi connectivity index (χ4v) is 0.624. The van der Waals surface area contributed by atoms with Crippen molar-refractivity contribution in [3.8, 4) is 6.07 Å². The first kappa shape index (κ1) is 5.54. The lowest BCUT2D eigenvalue weighted by molar-refractivity contribution is -0.0507. The van der Waals surface area contributed by atoms with Crippen molar-refractivity contribution in [1.82, 2.24) is 0 Å². The molecule has 0 amide bonds. The molecule has 2 N–H and O–H groups in total. The third-order valence-corrected chi connectivity index (χ3v) is 1.21. The van der Waals surface area contributed by atoms with Crippen LogP contribution in [-0.4, -0.2) is 18.8 Å². The SMILES string of the molecule is N#CCC1(N)COC1. The molecule has 44 valence electrons. The number of ether oxygens (including phenoxy) is 1. The zero-order valence-corrected chi connectivity index (χ0v) is 4.55. The zero-order chi connectivity index (χ0) is 6.04. The van der Waals surface area contributed by atoms with Crippen molar-refractivity contribution in [2.75, 3.05) is 13.2 Å². The summed E-state index contributed by atoms with van der Waals surface area (Å²) in [5.41, 5.74) is 5.26. The van der Waals surface area contributed by atoms with Gasteiger partial charge in [0.2, 0.25) is 0 Å². The molecule has 0 unspecified atom stereocenters. The molecule has 0 aliphatic carbocycles. The molecule has 0 aromatic carbocycles. The molecule has 1 aliphatic heterocycles. The molecular weight excluding hydrogens is 104 g/mol. The van der Waals surface area contributed by atoms with Gasteiger partial charge in [0.1, 0.15) is 0 Å². The topological polar surface area (TPSA) is 59.0 Å². The summed E-state index contributed by atoms with van der Waals surface area (Å²) in [5, 5.41) is 8.18. The molecule has 0 radical (unpaired) electrons. The van der Waals surface area contributed by atoms with E-state index >= 15 is 0 Å². The van der Waals surface area contributed by atoms with Gasteiger partial charge in [0, 0.05) is 0 Å². The molecule has 8 heavy (non-hydrogen) atoms. The fraction of sp³-hybridized carbons (Fsp3) is 0.800. The number of rotatable bonds is 1. The van der Waals surface area contributed by atoms with Crippen LogP contribution >= 0.6 is 0 Å². The molecule has 0 atom stereocenters. The Morgan fingerprint density at radius 3 is 2.50 bits per heavy atom. The predicted octanol–water partition coefficient (Wildman–Crippen LogP) is -0.372. The minimum atomic E-state index is -0.311. The maximum atomic E-state index is 8.18. The maximum absolute atomic E-state index is 8.18. The summed E-state index contributed by atoms with van der Waals surface area (Å²) in [5.74, 6) is 0. The molecule has 1 heterocycles. The summed E-state index contributed by atoms with van der Waals surface area (Å²) in [4.78, 5) is 0. The third kappa shape index (κ3) is 0.808. The van der Waals surface area contributed by atoms with Crippen molar-refractivity contribution in [2.45, 2.75) is 12.0 Å². The molecule has 3 nitrogen and oxygen atoms in total. The number of nitrogens with two attached hydrogens (primary N) is 1. The van der Waals surface area contributed by atoms with Crippen LogP contribution in [0, 0.1) is 11.3 Å². The van der Waals surface area contributed by atoms with E-state index in [-0.39, 0.29) is 5.54 Å². The summed E-state index contributed by atoms with van der Waals surface area (Å²) < 4.78 is 4.81. The Morgan fingerprint density at radius 2 is 2.38 bits per heavy atom. The van der Waals surface area contributed by atoms with Crippen LogP contribution in [-0.2, 0) is 4.74 Å². The fourth-order valence-electron chi connectivity index (χ4n) is 0.624. The van der Waals surface area contributed by atoms with Gasteiger partial charge < -0.3 is 10.5 Å². The number of hydrogen-bond donors (Lipinski definition) is 1. The van der Waals surface area contributed by atoms with Crippen molar-refractivity contribution in [1.29, 1.82) is 5.26 Å². The van der Waals surface area contributed by atoms with Crippen LogP contribution in [0.1, 0.15) is 6.42 Å². The van der Waals surface area contributed by atoms with Crippen LogP contribution < -0.4 is 5.73 Å². The quantitative estimate of drug-likeness (QED) is 0.503.